The number of cyclic esters (lactones) is 1. The van der Waals surface area contributed by atoms with Gasteiger partial charge < -0.3 is 14.2 Å². The van der Waals surface area contributed by atoms with E-state index in [1.165, 1.54) is 37.5 Å². The molecule has 0 radical (unpaired) electrons. The van der Waals surface area contributed by atoms with Gasteiger partial charge in [-0.05, 0) is 54.5 Å². The molecule has 2 aromatic rings. The number of carbonyl (C=O) groups is 1. The molecule has 0 saturated carbocycles. The molecule has 140 valence electrons. The Bertz CT molecular complexity index is 922. The molecule has 0 unspecified atom stereocenters. The van der Waals surface area contributed by atoms with Crippen LogP contribution in [0.15, 0.2) is 47.1 Å². The first-order valence-corrected chi connectivity index (χ1v) is 8.68. The maximum atomic E-state index is 13.0. The van der Waals surface area contributed by atoms with E-state index in [-0.39, 0.29) is 17.4 Å². The molecule has 0 saturated heterocycles. The van der Waals surface area contributed by atoms with Crippen LogP contribution in [-0.4, -0.2) is 25.6 Å². The van der Waals surface area contributed by atoms with Gasteiger partial charge in [0, 0.05) is 5.56 Å². The lowest BCUT2D eigenvalue weighted by Crippen LogP contribution is -2.05. The van der Waals surface area contributed by atoms with Gasteiger partial charge in [-0.3, -0.25) is 0 Å². The van der Waals surface area contributed by atoms with Crippen molar-refractivity contribution in [1.29, 1.82) is 0 Å². The number of aliphatic imine (C=N–C) groups is 1. The summed E-state index contributed by atoms with van der Waals surface area (Å²) in [5.74, 6) is 0.0408. The zero-order valence-corrected chi connectivity index (χ0v) is 15.5. The van der Waals surface area contributed by atoms with Gasteiger partial charge >= 0.3 is 5.97 Å². The van der Waals surface area contributed by atoms with Crippen molar-refractivity contribution in [3.8, 4) is 11.5 Å². The summed E-state index contributed by atoms with van der Waals surface area (Å²) in [6.07, 6.45) is 2.37. The molecule has 3 rings (SSSR count). The summed E-state index contributed by atoms with van der Waals surface area (Å²) in [6.45, 7) is 2.50. The van der Waals surface area contributed by atoms with Gasteiger partial charge in [0.15, 0.2) is 17.2 Å². The van der Waals surface area contributed by atoms with Crippen LogP contribution in [0.4, 0.5) is 4.39 Å². The highest BCUT2D eigenvalue weighted by Gasteiger charge is 2.24. The third-order valence-corrected chi connectivity index (χ3v) is 4.00. The standard InChI is InChI=1S/C20H17ClFNO4/c1-3-8-26-18-15(21)9-12(11-17(18)25-2)10-16-20(24)27-19(23-16)13-4-6-14(22)7-5-13/h4-7,9-11H,3,8H2,1-2H3/b16-10-. The predicted octanol–water partition coefficient (Wildman–Crippen LogP) is 4.62. The van der Waals surface area contributed by atoms with Gasteiger partial charge in [0.1, 0.15) is 5.82 Å². The van der Waals surface area contributed by atoms with Crippen molar-refractivity contribution in [2.45, 2.75) is 13.3 Å². The largest absolute Gasteiger partial charge is 0.493 e. The normalized spacial score (nSPS) is 14.9. The van der Waals surface area contributed by atoms with Gasteiger partial charge in [0.2, 0.25) is 5.90 Å². The molecule has 0 aliphatic carbocycles. The van der Waals surface area contributed by atoms with E-state index in [1.807, 2.05) is 6.92 Å². The molecule has 7 heteroatoms. The van der Waals surface area contributed by atoms with E-state index in [9.17, 15) is 9.18 Å². The lowest BCUT2D eigenvalue weighted by atomic mass is 10.1. The number of benzene rings is 2. The highest BCUT2D eigenvalue weighted by molar-refractivity contribution is 6.32. The maximum Gasteiger partial charge on any atom is 0.363 e. The van der Waals surface area contributed by atoms with Gasteiger partial charge in [-0.2, -0.15) is 0 Å². The zero-order chi connectivity index (χ0) is 19.4. The minimum absolute atomic E-state index is 0.106. The fourth-order valence-corrected chi connectivity index (χ4v) is 2.72. The second kappa shape index (κ2) is 8.22. The Morgan fingerprint density at radius 1 is 1.26 bits per heavy atom. The molecule has 5 nitrogen and oxygen atoms in total. The van der Waals surface area contributed by atoms with Crippen LogP contribution in [0, 0.1) is 5.82 Å². The molecule has 0 N–H and O–H groups in total. The quantitative estimate of drug-likeness (QED) is 0.534. The Kier molecular flexibility index (Phi) is 5.76. The van der Waals surface area contributed by atoms with Crippen LogP contribution in [0.3, 0.4) is 0 Å². The van der Waals surface area contributed by atoms with Crippen LogP contribution in [0.1, 0.15) is 24.5 Å². The number of hydrogen-bond donors (Lipinski definition) is 0. The lowest BCUT2D eigenvalue weighted by Gasteiger charge is -2.12. The summed E-state index contributed by atoms with van der Waals surface area (Å²) in [5, 5.41) is 0.365. The Morgan fingerprint density at radius 3 is 2.67 bits per heavy atom. The van der Waals surface area contributed by atoms with E-state index in [0.29, 0.717) is 34.3 Å². The summed E-state index contributed by atoms with van der Waals surface area (Å²) in [7, 11) is 1.51. The lowest BCUT2D eigenvalue weighted by molar-refractivity contribution is -0.129. The SMILES string of the molecule is CCCOc1c(Cl)cc(/C=C2\N=C(c3ccc(F)cc3)OC2=O)cc1OC. The minimum atomic E-state index is -0.601. The number of hydrogen-bond acceptors (Lipinski definition) is 5. The molecule has 0 spiro atoms. The minimum Gasteiger partial charge on any atom is -0.493 e. The van der Waals surface area contributed by atoms with Crippen LogP contribution in [0.2, 0.25) is 5.02 Å². The van der Waals surface area contributed by atoms with Crippen molar-refractivity contribution in [3.63, 3.8) is 0 Å². The predicted molar refractivity (Wildman–Crippen MR) is 101 cm³/mol. The first-order valence-electron chi connectivity index (χ1n) is 8.30. The topological polar surface area (TPSA) is 57.1 Å². The Hall–Kier alpha value is -2.86. The van der Waals surface area contributed by atoms with Crippen molar-refractivity contribution < 1.29 is 23.4 Å². The molecule has 1 heterocycles. The smallest absolute Gasteiger partial charge is 0.363 e. The number of rotatable bonds is 6. The molecule has 0 amide bonds. The zero-order valence-electron chi connectivity index (χ0n) is 14.8. The summed E-state index contributed by atoms with van der Waals surface area (Å²) >= 11 is 6.29. The Morgan fingerprint density at radius 2 is 2.00 bits per heavy atom. The maximum absolute atomic E-state index is 13.0. The molecular weight excluding hydrogens is 373 g/mol. The van der Waals surface area contributed by atoms with Crippen molar-refractivity contribution >= 4 is 29.5 Å². The molecule has 1 aliphatic rings. The first-order chi connectivity index (χ1) is 13.0. The highest BCUT2D eigenvalue weighted by Crippen LogP contribution is 2.37. The molecule has 0 fully saturated rings. The number of halogens is 2. The number of nitrogens with zero attached hydrogens (tertiary/aromatic N) is 1. The molecule has 0 aromatic heterocycles. The van der Waals surface area contributed by atoms with Gasteiger partial charge in [0.25, 0.3) is 0 Å². The van der Waals surface area contributed by atoms with E-state index in [1.54, 1.807) is 12.1 Å². The van der Waals surface area contributed by atoms with Crippen molar-refractivity contribution in [2.75, 3.05) is 13.7 Å². The Labute approximate surface area is 161 Å². The second-order valence-corrected chi connectivity index (χ2v) is 6.13. The summed E-state index contributed by atoms with van der Waals surface area (Å²) < 4.78 is 29.1. The van der Waals surface area contributed by atoms with Crippen LogP contribution < -0.4 is 9.47 Å². The van der Waals surface area contributed by atoms with Crippen LogP contribution in [0.25, 0.3) is 6.08 Å². The van der Waals surface area contributed by atoms with Crippen molar-refractivity contribution in [2.24, 2.45) is 4.99 Å². The average Bonchev–Trinajstić information content (AvgIpc) is 3.01. The van der Waals surface area contributed by atoms with Crippen LogP contribution in [0.5, 0.6) is 11.5 Å². The van der Waals surface area contributed by atoms with Crippen LogP contribution in [-0.2, 0) is 9.53 Å². The van der Waals surface area contributed by atoms with E-state index < -0.39 is 5.97 Å². The molecule has 1 aliphatic heterocycles. The fraction of sp³-hybridized carbons (Fsp3) is 0.200. The molecule has 0 bridgehead atoms. The van der Waals surface area contributed by atoms with Crippen molar-refractivity contribution in [3.05, 3.63) is 64.1 Å². The van der Waals surface area contributed by atoms with E-state index >= 15 is 0 Å². The van der Waals surface area contributed by atoms with E-state index in [0.717, 1.165) is 6.42 Å². The van der Waals surface area contributed by atoms with Gasteiger partial charge in [-0.15, -0.1) is 0 Å². The molecular formula is C20H17ClFNO4. The number of carbonyl (C=O) groups excluding carboxylic acids is 1. The Balaban J connectivity index is 1.92. The third-order valence-electron chi connectivity index (χ3n) is 3.72. The number of ether oxygens (including phenoxy) is 3. The summed E-state index contributed by atoms with van der Waals surface area (Å²) in [4.78, 5) is 16.3. The number of methoxy groups -OCH3 is 1. The molecule has 2 aromatic carbocycles. The summed E-state index contributed by atoms with van der Waals surface area (Å²) in [5.41, 5.74) is 1.22. The summed E-state index contributed by atoms with van der Waals surface area (Å²) in [6, 6.07) is 8.87. The van der Waals surface area contributed by atoms with E-state index in [2.05, 4.69) is 4.99 Å². The number of esters is 1. The molecule has 0 atom stereocenters. The van der Waals surface area contributed by atoms with Crippen LogP contribution >= 0.6 is 11.6 Å². The van der Waals surface area contributed by atoms with Crippen molar-refractivity contribution in [1.82, 2.24) is 0 Å². The molecule has 27 heavy (non-hydrogen) atoms. The third kappa shape index (κ3) is 4.28. The second-order valence-electron chi connectivity index (χ2n) is 5.73. The van der Waals surface area contributed by atoms with Gasteiger partial charge in [-0.25, -0.2) is 14.2 Å². The van der Waals surface area contributed by atoms with Gasteiger partial charge in [0.05, 0.1) is 18.7 Å². The van der Waals surface area contributed by atoms with Gasteiger partial charge in [-0.1, -0.05) is 18.5 Å². The highest BCUT2D eigenvalue weighted by atomic mass is 35.5. The first kappa shape index (κ1) is 18.9. The van der Waals surface area contributed by atoms with E-state index in [4.69, 9.17) is 25.8 Å². The average molecular weight is 390 g/mol. The monoisotopic (exact) mass is 389 g/mol. The fourth-order valence-electron chi connectivity index (χ4n) is 2.45.